The molecular formula is C26H35N5O2. The Balaban J connectivity index is 1.72. The molecule has 0 aliphatic heterocycles. The number of hydrogen-bond donors (Lipinski definition) is 1. The zero-order valence-corrected chi connectivity index (χ0v) is 20.1. The number of para-hydroxylation sites is 2. The first-order valence-corrected chi connectivity index (χ1v) is 11.9. The van der Waals surface area contributed by atoms with Crippen molar-refractivity contribution < 1.29 is 9.59 Å². The van der Waals surface area contributed by atoms with Crippen molar-refractivity contribution in [3.8, 4) is 0 Å². The summed E-state index contributed by atoms with van der Waals surface area (Å²) in [6.45, 7) is 9.24. The minimum absolute atomic E-state index is 0.117. The van der Waals surface area contributed by atoms with Crippen LogP contribution in [0.2, 0.25) is 0 Å². The molecular weight excluding hydrogens is 414 g/mol. The van der Waals surface area contributed by atoms with Crippen LogP contribution in [0.5, 0.6) is 0 Å². The van der Waals surface area contributed by atoms with E-state index >= 15 is 0 Å². The van der Waals surface area contributed by atoms with Crippen LogP contribution in [0.4, 0.5) is 0 Å². The summed E-state index contributed by atoms with van der Waals surface area (Å²) in [5.74, 6) is 0.800. The number of hydrogen-bond acceptors (Lipinski definition) is 4. The van der Waals surface area contributed by atoms with Crippen molar-refractivity contribution in [3.63, 3.8) is 0 Å². The first-order chi connectivity index (χ1) is 16.0. The van der Waals surface area contributed by atoms with E-state index in [4.69, 9.17) is 4.98 Å². The van der Waals surface area contributed by atoms with Crippen molar-refractivity contribution >= 4 is 22.8 Å². The summed E-state index contributed by atoms with van der Waals surface area (Å²) < 4.78 is 2.04. The van der Waals surface area contributed by atoms with Gasteiger partial charge in [0.15, 0.2) is 0 Å². The van der Waals surface area contributed by atoms with Crippen LogP contribution >= 0.6 is 0 Å². The van der Waals surface area contributed by atoms with Crippen molar-refractivity contribution in [2.45, 2.75) is 72.0 Å². The first kappa shape index (κ1) is 24.4. The number of imidazole rings is 1. The van der Waals surface area contributed by atoms with Crippen molar-refractivity contribution in [2.75, 3.05) is 6.54 Å². The number of carbonyl (C=O) groups excluding carboxylic acids is 2. The normalized spacial score (nSPS) is 13.0. The Kier molecular flexibility index (Phi) is 8.58. The Bertz CT molecular complexity index is 1050. The third kappa shape index (κ3) is 5.97. The Labute approximate surface area is 196 Å². The van der Waals surface area contributed by atoms with Crippen LogP contribution in [0.3, 0.4) is 0 Å². The minimum Gasteiger partial charge on any atom is -0.351 e. The highest BCUT2D eigenvalue weighted by atomic mass is 16.2. The van der Waals surface area contributed by atoms with Crippen molar-refractivity contribution in [1.82, 2.24) is 24.8 Å². The largest absolute Gasteiger partial charge is 0.351 e. The molecule has 0 aliphatic rings. The minimum atomic E-state index is -0.183. The van der Waals surface area contributed by atoms with Gasteiger partial charge in [-0.2, -0.15) is 0 Å². The number of amides is 2. The average molecular weight is 450 g/mol. The summed E-state index contributed by atoms with van der Waals surface area (Å²) in [7, 11) is 0. The van der Waals surface area contributed by atoms with Gasteiger partial charge in [0.25, 0.3) is 5.91 Å². The van der Waals surface area contributed by atoms with Gasteiger partial charge in [-0.15, -0.1) is 0 Å². The number of nitrogens with zero attached hydrogens (tertiary/aromatic N) is 4. The monoisotopic (exact) mass is 449 g/mol. The molecule has 0 radical (unpaired) electrons. The summed E-state index contributed by atoms with van der Waals surface area (Å²) >= 11 is 0. The molecule has 0 saturated carbocycles. The zero-order valence-electron chi connectivity index (χ0n) is 20.1. The topological polar surface area (TPSA) is 80.1 Å². The van der Waals surface area contributed by atoms with Gasteiger partial charge < -0.3 is 14.8 Å². The van der Waals surface area contributed by atoms with E-state index in [1.54, 1.807) is 24.4 Å². The summed E-state index contributed by atoms with van der Waals surface area (Å²) in [6, 6.07) is 13.6. The van der Waals surface area contributed by atoms with Crippen LogP contribution in [0.25, 0.3) is 11.0 Å². The van der Waals surface area contributed by atoms with Crippen LogP contribution < -0.4 is 5.32 Å². The van der Waals surface area contributed by atoms with Gasteiger partial charge in [0, 0.05) is 31.2 Å². The quantitative estimate of drug-likeness (QED) is 0.445. The lowest BCUT2D eigenvalue weighted by Crippen LogP contribution is -2.45. The zero-order chi connectivity index (χ0) is 23.8. The lowest BCUT2D eigenvalue weighted by atomic mass is 10.1. The average Bonchev–Trinajstić information content (AvgIpc) is 3.19. The van der Waals surface area contributed by atoms with Crippen LogP contribution in [0.15, 0.2) is 48.7 Å². The van der Waals surface area contributed by atoms with Gasteiger partial charge in [-0.25, -0.2) is 4.98 Å². The van der Waals surface area contributed by atoms with Crippen LogP contribution in [-0.4, -0.2) is 49.9 Å². The van der Waals surface area contributed by atoms with E-state index in [0.29, 0.717) is 18.7 Å². The number of aromatic nitrogens is 3. The number of benzene rings is 1. The van der Waals surface area contributed by atoms with Gasteiger partial charge in [-0.05, 0) is 57.4 Å². The molecule has 3 rings (SSSR count). The van der Waals surface area contributed by atoms with Gasteiger partial charge in [0.1, 0.15) is 18.1 Å². The van der Waals surface area contributed by atoms with Crippen molar-refractivity contribution in [3.05, 3.63) is 60.2 Å². The predicted molar refractivity (Wildman–Crippen MR) is 131 cm³/mol. The number of pyridine rings is 1. The third-order valence-corrected chi connectivity index (χ3v) is 6.21. The molecule has 0 bridgehead atoms. The van der Waals surface area contributed by atoms with E-state index in [0.717, 1.165) is 36.1 Å². The van der Waals surface area contributed by atoms with Gasteiger partial charge in [0.2, 0.25) is 5.91 Å². The van der Waals surface area contributed by atoms with Gasteiger partial charge in [-0.3, -0.25) is 14.6 Å². The smallest absolute Gasteiger partial charge is 0.269 e. The molecule has 2 unspecified atom stereocenters. The molecule has 33 heavy (non-hydrogen) atoms. The molecule has 0 fully saturated rings. The molecule has 7 heteroatoms. The second-order valence-electron chi connectivity index (χ2n) is 8.49. The fourth-order valence-corrected chi connectivity index (χ4v) is 4.07. The number of nitrogens with one attached hydrogen (secondary N) is 1. The maximum atomic E-state index is 13.4. The highest BCUT2D eigenvalue weighted by Gasteiger charge is 2.25. The van der Waals surface area contributed by atoms with E-state index in [-0.39, 0.29) is 30.4 Å². The van der Waals surface area contributed by atoms with Crippen molar-refractivity contribution in [1.29, 1.82) is 0 Å². The molecule has 2 aromatic heterocycles. The van der Waals surface area contributed by atoms with E-state index in [2.05, 4.69) is 38.0 Å². The molecule has 2 heterocycles. The highest BCUT2D eigenvalue weighted by molar-refractivity contribution is 5.92. The summed E-state index contributed by atoms with van der Waals surface area (Å²) in [4.78, 5) is 36.5. The lowest BCUT2D eigenvalue weighted by molar-refractivity contribution is -0.136. The Morgan fingerprint density at radius 2 is 1.73 bits per heavy atom. The fraction of sp³-hybridized carbons (Fsp3) is 0.462. The van der Waals surface area contributed by atoms with E-state index in [1.807, 2.05) is 33.7 Å². The van der Waals surface area contributed by atoms with Crippen LogP contribution in [0, 0.1) is 0 Å². The van der Waals surface area contributed by atoms with E-state index in [9.17, 15) is 9.59 Å². The molecule has 1 aromatic carbocycles. The second-order valence-corrected chi connectivity index (χ2v) is 8.49. The summed E-state index contributed by atoms with van der Waals surface area (Å²) in [5, 5.41) is 2.91. The predicted octanol–water partition coefficient (Wildman–Crippen LogP) is 4.22. The van der Waals surface area contributed by atoms with Crippen LogP contribution in [-0.2, 0) is 17.8 Å². The molecule has 2 amide bonds. The SMILES string of the molecule is CCC(C)N(C(=O)Cn1c(CCCNC(=O)c2ccccn2)nc2ccccc21)C(C)CC. The molecule has 2 atom stereocenters. The van der Waals surface area contributed by atoms with Crippen molar-refractivity contribution in [2.24, 2.45) is 0 Å². The van der Waals surface area contributed by atoms with Gasteiger partial charge >= 0.3 is 0 Å². The number of fused-ring (bicyclic) bond motifs is 1. The lowest BCUT2D eigenvalue weighted by Gasteiger charge is -2.34. The third-order valence-electron chi connectivity index (χ3n) is 6.21. The second kappa shape index (κ2) is 11.6. The molecule has 3 aromatic rings. The fourth-order valence-electron chi connectivity index (χ4n) is 4.07. The molecule has 176 valence electrons. The van der Waals surface area contributed by atoms with Gasteiger partial charge in [0.05, 0.1) is 11.0 Å². The molecule has 7 nitrogen and oxygen atoms in total. The van der Waals surface area contributed by atoms with E-state index < -0.39 is 0 Å². The Morgan fingerprint density at radius 1 is 1.03 bits per heavy atom. The molecule has 0 spiro atoms. The molecule has 0 saturated heterocycles. The number of aryl methyl sites for hydroxylation is 1. The molecule has 1 N–H and O–H groups in total. The number of rotatable bonds is 11. The Morgan fingerprint density at radius 3 is 2.39 bits per heavy atom. The number of carbonyl (C=O) groups is 2. The summed E-state index contributed by atoms with van der Waals surface area (Å²) in [6.07, 6.45) is 4.83. The Hall–Kier alpha value is -3.22. The molecule has 0 aliphatic carbocycles. The van der Waals surface area contributed by atoms with E-state index in [1.165, 1.54) is 0 Å². The first-order valence-electron chi connectivity index (χ1n) is 11.9. The standard InChI is InChI=1S/C26H35N5O2/c1-5-19(3)31(20(4)6-2)25(32)18-30-23-14-8-7-12-21(23)29-24(30)15-11-17-28-26(33)22-13-9-10-16-27-22/h7-10,12-14,16,19-20H,5-6,11,15,17-18H2,1-4H3,(H,28,33). The van der Waals surface area contributed by atoms with Gasteiger partial charge in [-0.1, -0.05) is 32.0 Å². The highest BCUT2D eigenvalue weighted by Crippen LogP contribution is 2.19. The summed E-state index contributed by atoms with van der Waals surface area (Å²) in [5.41, 5.74) is 2.26. The maximum Gasteiger partial charge on any atom is 0.269 e. The van der Waals surface area contributed by atoms with Crippen LogP contribution in [0.1, 0.15) is 63.3 Å². The maximum absolute atomic E-state index is 13.4.